The first-order chi connectivity index (χ1) is 12.9. The molecule has 0 aliphatic carbocycles. The zero-order chi connectivity index (χ0) is 20.0. The molecule has 0 aromatic carbocycles. The molecule has 3 N–H and O–H groups in total. The van der Waals surface area contributed by atoms with Crippen LogP contribution in [0, 0.1) is 10.8 Å². The van der Waals surface area contributed by atoms with Crippen LogP contribution in [0.15, 0.2) is 37.1 Å². The van der Waals surface area contributed by atoms with Gasteiger partial charge in [0.2, 0.25) is 5.88 Å². The summed E-state index contributed by atoms with van der Waals surface area (Å²) in [6.45, 7) is 7.84. The predicted molar refractivity (Wildman–Crippen MR) is 104 cm³/mol. The first kappa shape index (κ1) is 19.8. The van der Waals surface area contributed by atoms with Crippen LogP contribution >= 0.6 is 0 Å². The van der Waals surface area contributed by atoms with Crippen LogP contribution in [-0.4, -0.2) is 50.9 Å². The molecule has 0 bridgehead atoms. The van der Waals surface area contributed by atoms with Crippen LogP contribution in [0.5, 0.6) is 5.88 Å². The number of rotatable bonds is 8. The normalized spacial score (nSPS) is 10.4. The zero-order valence-corrected chi connectivity index (χ0v) is 15.6. The topological polar surface area (TPSA) is 120 Å². The summed E-state index contributed by atoms with van der Waals surface area (Å²) < 4.78 is 6.70. The van der Waals surface area contributed by atoms with Gasteiger partial charge in [-0.25, -0.2) is 4.98 Å². The number of nitrogens with one attached hydrogen (secondary N) is 3. The highest BCUT2D eigenvalue weighted by Gasteiger charge is 2.19. The molecule has 2 aromatic rings. The molecule has 0 unspecified atom stereocenters. The molecule has 0 atom stereocenters. The lowest BCUT2D eigenvalue weighted by atomic mass is 10.2. The number of allylic oxidation sites excluding steroid dienone is 1. The van der Waals surface area contributed by atoms with Crippen LogP contribution in [0.3, 0.4) is 0 Å². The number of pyridine rings is 1. The van der Waals surface area contributed by atoms with Crippen LogP contribution in [-0.2, 0) is 6.54 Å². The maximum absolute atomic E-state index is 12.6. The Morgan fingerprint density at radius 1 is 1.48 bits per heavy atom. The minimum absolute atomic E-state index is 0.0602. The van der Waals surface area contributed by atoms with Crippen molar-refractivity contribution in [3.63, 3.8) is 0 Å². The Morgan fingerprint density at radius 2 is 2.22 bits per heavy atom. The fraction of sp³-hybridized carbons (Fsp3) is 0.278. The van der Waals surface area contributed by atoms with Gasteiger partial charge in [0.15, 0.2) is 5.84 Å². The van der Waals surface area contributed by atoms with Gasteiger partial charge >= 0.3 is 0 Å². The van der Waals surface area contributed by atoms with Crippen LogP contribution in [0.4, 0.5) is 5.82 Å². The molecule has 0 aliphatic rings. The Hall–Kier alpha value is -3.49. The van der Waals surface area contributed by atoms with Crippen molar-refractivity contribution in [3.05, 3.63) is 48.3 Å². The lowest BCUT2D eigenvalue weighted by molar-refractivity contribution is 0.102. The van der Waals surface area contributed by atoms with Crippen molar-refractivity contribution in [1.82, 2.24) is 19.7 Å². The van der Waals surface area contributed by atoms with Gasteiger partial charge in [-0.1, -0.05) is 12.1 Å². The van der Waals surface area contributed by atoms with Crippen LogP contribution < -0.4 is 10.1 Å². The van der Waals surface area contributed by atoms with Gasteiger partial charge in [-0.05, 0) is 26.0 Å². The van der Waals surface area contributed by atoms with Crippen LogP contribution in [0.1, 0.15) is 29.9 Å². The van der Waals surface area contributed by atoms with Gasteiger partial charge in [0.05, 0.1) is 20.0 Å². The summed E-state index contributed by atoms with van der Waals surface area (Å²) in [6.07, 6.45) is 4.31. The predicted octanol–water partition coefficient (Wildman–Crippen LogP) is 2.37. The number of hydrogen-bond acceptors (Lipinski definition) is 6. The average molecular weight is 369 g/mol. The molecule has 9 nitrogen and oxygen atoms in total. The fourth-order valence-corrected chi connectivity index (χ4v) is 2.36. The Labute approximate surface area is 157 Å². The van der Waals surface area contributed by atoms with Gasteiger partial charge < -0.3 is 15.0 Å². The smallest absolute Gasteiger partial charge is 0.263 e. The number of ether oxygens (including phenoxy) is 1. The Balaban J connectivity index is 2.23. The molecule has 0 fully saturated rings. The van der Waals surface area contributed by atoms with Crippen molar-refractivity contribution >= 4 is 23.9 Å². The molecule has 2 rings (SSSR count). The molecule has 0 radical (unpaired) electrons. The van der Waals surface area contributed by atoms with Gasteiger partial charge in [-0.15, -0.1) is 11.7 Å². The molecule has 0 saturated carbocycles. The largest absolute Gasteiger partial charge is 0.479 e. The number of hydrogen-bond donors (Lipinski definition) is 3. The van der Waals surface area contributed by atoms with E-state index in [9.17, 15) is 4.79 Å². The van der Waals surface area contributed by atoms with Crippen molar-refractivity contribution in [3.8, 4) is 5.88 Å². The van der Waals surface area contributed by atoms with E-state index < -0.39 is 5.91 Å². The number of amides is 1. The summed E-state index contributed by atoms with van der Waals surface area (Å²) in [6, 6.07) is 4.90. The lowest BCUT2D eigenvalue weighted by Crippen LogP contribution is -2.36. The first-order valence-corrected chi connectivity index (χ1v) is 8.29. The van der Waals surface area contributed by atoms with Gasteiger partial charge in [0.25, 0.3) is 5.91 Å². The van der Waals surface area contributed by atoms with E-state index >= 15 is 0 Å². The third-order valence-electron chi connectivity index (χ3n) is 3.67. The maximum Gasteiger partial charge on any atom is 0.263 e. The zero-order valence-electron chi connectivity index (χ0n) is 15.6. The van der Waals surface area contributed by atoms with E-state index in [4.69, 9.17) is 15.6 Å². The Kier molecular flexibility index (Phi) is 6.42. The van der Waals surface area contributed by atoms with Crippen LogP contribution in [0.2, 0.25) is 0 Å². The van der Waals surface area contributed by atoms with Gasteiger partial charge in [-0.2, -0.15) is 0 Å². The molecule has 27 heavy (non-hydrogen) atoms. The van der Waals surface area contributed by atoms with E-state index in [1.807, 2.05) is 13.8 Å². The molecule has 2 heterocycles. The number of carbonyl (C=O) groups is 1. The molecule has 0 saturated heterocycles. The van der Waals surface area contributed by atoms with E-state index in [-0.39, 0.29) is 29.1 Å². The average Bonchev–Trinajstić information content (AvgIpc) is 3.05. The lowest BCUT2D eigenvalue weighted by Gasteiger charge is -2.23. The molecule has 9 heteroatoms. The number of anilines is 1. The standard InChI is InChI=1S/C18H23N7O2/c1-5-9-24-10-13(18(23-24)27-4)17(26)22-15-8-6-7-14(21-15)16(20)25(11-19)12(2)3/h5-8,10-12,19-20H,1,9H2,2-4H3,(H,21,22,26). The van der Waals surface area contributed by atoms with E-state index in [1.54, 1.807) is 35.2 Å². The summed E-state index contributed by atoms with van der Waals surface area (Å²) in [5.74, 6) is 0.140. The highest BCUT2D eigenvalue weighted by molar-refractivity contribution is 6.06. The fourth-order valence-electron chi connectivity index (χ4n) is 2.36. The van der Waals surface area contributed by atoms with Gasteiger partial charge in [-0.3, -0.25) is 20.3 Å². The van der Waals surface area contributed by atoms with E-state index in [2.05, 4.69) is 22.0 Å². The highest BCUT2D eigenvalue weighted by atomic mass is 16.5. The third kappa shape index (κ3) is 4.57. The molecular formula is C18H23N7O2. The minimum atomic E-state index is -0.425. The third-order valence-corrected chi connectivity index (χ3v) is 3.67. The van der Waals surface area contributed by atoms with Crippen molar-refractivity contribution < 1.29 is 9.53 Å². The molecular weight excluding hydrogens is 346 g/mol. The molecule has 2 aromatic heterocycles. The second-order valence-corrected chi connectivity index (χ2v) is 5.90. The quantitative estimate of drug-likeness (QED) is 0.375. The monoisotopic (exact) mass is 369 g/mol. The summed E-state index contributed by atoms with van der Waals surface area (Å²) in [4.78, 5) is 18.4. The van der Waals surface area contributed by atoms with Crippen molar-refractivity contribution in [2.24, 2.45) is 0 Å². The number of nitrogens with zero attached hydrogens (tertiary/aromatic N) is 4. The summed E-state index contributed by atoms with van der Waals surface area (Å²) in [7, 11) is 1.44. The Morgan fingerprint density at radius 3 is 2.81 bits per heavy atom. The number of carbonyl (C=O) groups excluding carboxylic acids is 1. The van der Waals surface area contributed by atoms with Gasteiger partial charge in [0.1, 0.15) is 17.1 Å². The van der Waals surface area contributed by atoms with E-state index in [0.717, 1.165) is 6.34 Å². The van der Waals surface area contributed by atoms with Gasteiger partial charge in [0, 0.05) is 12.2 Å². The molecule has 0 aliphatic heterocycles. The first-order valence-electron chi connectivity index (χ1n) is 8.29. The highest BCUT2D eigenvalue weighted by Crippen LogP contribution is 2.18. The minimum Gasteiger partial charge on any atom is -0.479 e. The summed E-state index contributed by atoms with van der Waals surface area (Å²) in [5, 5.41) is 22.5. The number of methoxy groups -OCH3 is 1. The summed E-state index contributed by atoms with van der Waals surface area (Å²) >= 11 is 0. The van der Waals surface area contributed by atoms with Crippen molar-refractivity contribution in [2.75, 3.05) is 12.4 Å². The maximum atomic E-state index is 12.6. The van der Waals surface area contributed by atoms with E-state index in [1.165, 1.54) is 12.0 Å². The van der Waals surface area contributed by atoms with Crippen molar-refractivity contribution in [1.29, 1.82) is 10.8 Å². The van der Waals surface area contributed by atoms with Crippen LogP contribution in [0.25, 0.3) is 0 Å². The van der Waals surface area contributed by atoms with Crippen molar-refractivity contribution in [2.45, 2.75) is 26.4 Å². The Bertz CT molecular complexity index is 857. The number of amidine groups is 1. The molecule has 0 spiro atoms. The molecule has 1 amide bonds. The summed E-state index contributed by atoms with van der Waals surface area (Å²) in [5.41, 5.74) is 0.615. The molecule has 142 valence electrons. The number of aromatic nitrogens is 3. The van der Waals surface area contributed by atoms with E-state index in [0.29, 0.717) is 12.2 Å². The second kappa shape index (κ2) is 8.75. The SMILES string of the molecule is C=CCn1cc(C(=O)Nc2cccc(C(=N)N(C=N)C(C)C)n2)c(OC)n1. The second-order valence-electron chi connectivity index (χ2n) is 5.90.